The van der Waals surface area contributed by atoms with Crippen LogP contribution in [0.4, 0.5) is 5.69 Å². The van der Waals surface area contributed by atoms with Crippen molar-refractivity contribution in [2.45, 2.75) is 6.54 Å². The van der Waals surface area contributed by atoms with Crippen LogP contribution in [0.3, 0.4) is 0 Å². The first-order chi connectivity index (χ1) is 8.54. The fourth-order valence-corrected chi connectivity index (χ4v) is 2.34. The van der Waals surface area contributed by atoms with Crippen molar-refractivity contribution in [1.82, 2.24) is 14.7 Å². The molecule has 0 bridgehead atoms. The van der Waals surface area contributed by atoms with Crippen molar-refractivity contribution in [3.63, 3.8) is 0 Å². The number of benzene rings is 1. The van der Waals surface area contributed by atoms with E-state index in [1.807, 2.05) is 12.1 Å². The van der Waals surface area contributed by atoms with Gasteiger partial charge in [-0.15, -0.1) is 0 Å². The zero-order valence-corrected chi connectivity index (χ0v) is 10.8. The molecule has 1 atom stereocenters. The molecule has 1 saturated heterocycles. The lowest BCUT2D eigenvalue weighted by Crippen LogP contribution is -2.99. The molecule has 0 aliphatic carbocycles. The molecule has 2 rings (SSSR count). The summed E-state index contributed by atoms with van der Waals surface area (Å²) in [4.78, 5) is 6.81. The maximum absolute atomic E-state index is 10.8. The lowest BCUT2D eigenvalue weighted by molar-refractivity contribution is -0.991. The number of rotatable bonds is 3. The first-order valence-electron chi connectivity index (χ1n) is 5.96. The highest BCUT2D eigenvalue weighted by Crippen LogP contribution is 2.11. The van der Waals surface area contributed by atoms with Crippen molar-refractivity contribution < 1.29 is 10.4 Å². The van der Waals surface area contributed by atoms with Crippen LogP contribution in [0.5, 0.6) is 0 Å². The third-order valence-corrected chi connectivity index (χ3v) is 2.97. The van der Waals surface area contributed by atoms with Crippen molar-refractivity contribution >= 4 is 5.69 Å². The first kappa shape index (κ1) is 13.4. The molecule has 6 nitrogen and oxygen atoms in total. The number of nitrogens with one attached hydrogen (secondary N) is 1. The summed E-state index contributed by atoms with van der Waals surface area (Å²) in [6, 6.07) is 7.10. The van der Waals surface area contributed by atoms with Gasteiger partial charge < -0.3 is 5.21 Å². The molecule has 0 spiro atoms. The van der Waals surface area contributed by atoms with E-state index in [2.05, 4.69) is 28.8 Å². The van der Waals surface area contributed by atoms with Gasteiger partial charge >= 0.3 is 0 Å². The van der Waals surface area contributed by atoms with Gasteiger partial charge in [0.05, 0.1) is 20.0 Å². The van der Waals surface area contributed by atoms with Crippen LogP contribution in [0.2, 0.25) is 0 Å². The van der Waals surface area contributed by atoms with E-state index in [4.69, 9.17) is 5.21 Å². The largest absolute Gasteiger partial charge is 0.595 e. The van der Waals surface area contributed by atoms with Gasteiger partial charge in [0.15, 0.2) is 5.69 Å². The van der Waals surface area contributed by atoms with E-state index in [1.54, 1.807) is 12.1 Å². The molecule has 1 fully saturated rings. The summed E-state index contributed by atoms with van der Waals surface area (Å²) in [5, 5.41) is 18.7. The van der Waals surface area contributed by atoms with Gasteiger partial charge in [0.1, 0.15) is 0 Å². The highest BCUT2D eigenvalue weighted by molar-refractivity contribution is 5.32. The van der Waals surface area contributed by atoms with Gasteiger partial charge in [0, 0.05) is 18.7 Å². The fraction of sp³-hybridized carbons (Fsp3) is 0.500. The quantitative estimate of drug-likeness (QED) is 0.720. The van der Waals surface area contributed by atoms with Crippen LogP contribution in [0.15, 0.2) is 24.3 Å². The zero-order chi connectivity index (χ0) is 13.1. The Kier molecular flexibility index (Phi) is 4.28. The summed E-state index contributed by atoms with van der Waals surface area (Å²) in [6.07, 6.45) is 0. The summed E-state index contributed by atoms with van der Waals surface area (Å²) in [5.74, 6) is 0. The maximum atomic E-state index is 10.8. The van der Waals surface area contributed by atoms with Crippen LogP contribution in [0.25, 0.3) is 0 Å². The molecular weight excluding hydrogens is 232 g/mol. The predicted octanol–water partition coefficient (Wildman–Crippen LogP) is -0.358. The lowest BCUT2D eigenvalue weighted by Gasteiger charge is -2.38. The molecule has 0 aromatic heterocycles. The Bertz CT molecular complexity index is 372. The molecule has 2 N–H and O–H groups in total. The average Bonchev–Trinajstić information content (AvgIpc) is 2.28. The van der Waals surface area contributed by atoms with Crippen molar-refractivity contribution in [2.75, 3.05) is 34.1 Å². The van der Waals surface area contributed by atoms with E-state index >= 15 is 0 Å². The Hall–Kier alpha value is -1.02. The summed E-state index contributed by atoms with van der Waals surface area (Å²) in [6.45, 7) is 3.69. The molecule has 0 saturated carbocycles. The fourth-order valence-electron chi connectivity index (χ4n) is 2.34. The van der Waals surface area contributed by atoms with Crippen molar-refractivity contribution in [3.8, 4) is 0 Å². The Morgan fingerprint density at radius 1 is 1.11 bits per heavy atom. The summed E-state index contributed by atoms with van der Waals surface area (Å²) in [5.41, 5.74) is 1.48. The molecule has 0 amide bonds. The summed E-state index contributed by atoms with van der Waals surface area (Å²) < 4.78 is 0. The number of hydrogen-bond donors (Lipinski definition) is 2. The van der Waals surface area contributed by atoms with Crippen LogP contribution < -0.4 is 5.23 Å². The second-order valence-corrected chi connectivity index (χ2v) is 4.97. The first-order valence-corrected chi connectivity index (χ1v) is 5.96. The lowest BCUT2D eigenvalue weighted by atomic mass is 10.2. The minimum Gasteiger partial charge on any atom is -0.595 e. The van der Waals surface area contributed by atoms with E-state index in [0.717, 1.165) is 32.1 Å². The molecule has 1 aliphatic rings. The summed E-state index contributed by atoms with van der Waals surface area (Å²) in [7, 11) is 4.19. The monoisotopic (exact) mass is 252 g/mol. The molecule has 1 heterocycles. The zero-order valence-electron chi connectivity index (χ0n) is 10.8. The third-order valence-electron chi connectivity index (χ3n) is 2.97. The molecule has 100 valence electrons. The minimum absolute atomic E-state index is 0.339. The van der Waals surface area contributed by atoms with Crippen molar-refractivity contribution in [1.29, 1.82) is 0 Å². The van der Waals surface area contributed by atoms with Crippen molar-refractivity contribution in [3.05, 3.63) is 35.0 Å². The maximum Gasteiger partial charge on any atom is 0.163 e. The highest BCUT2D eigenvalue weighted by Gasteiger charge is 2.18. The molecule has 1 aromatic carbocycles. The van der Waals surface area contributed by atoms with Crippen LogP contribution in [0.1, 0.15) is 5.56 Å². The van der Waals surface area contributed by atoms with Gasteiger partial charge in [0.2, 0.25) is 0 Å². The summed E-state index contributed by atoms with van der Waals surface area (Å²) >= 11 is 0. The highest BCUT2D eigenvalue weighted by atomic mass is 16.8. The third kappa shape index (κ3) is 3.49. The van der Waals surface area contributed by atoms with Gasteiger partial charge in [-0.3, -0.25) is 14.7 Å². The molecule has 1 aliphatic heterocycles. The van der Waals surface area contributed by atoms with Crippen LogP contribution >= 0.6 is 0 Å². The Labute approximate surface area is 107 Å². The Balaban J connectivity index is 1.96. The van der Waals surface area contributed by atoms with E-state index in [0.29, 0.717) is 5.69 Å². The number of nitrogens with zero attached hydrogens (tertiary/aromatic N) is 3. The molecular formula is C12H20N4O2. The smallest absolute Gasteiger partial charge is 0.163 e. The van der Waals surface area contributed by atoms with Gasteiger partial charge in [-0.1, -0.05) is 12.1 Å². The van der Waals surface area contributed by atoms with E-state index in [-0.39, 0.29) is 0 Å². The van der Waals surface area contributed by atoms with Crippen LogP contribution in [-0.2, 0) is 6.54 Å². The molecule has 18 heavy (non-hydrogen) atoms. The minimum atomic E-state index is -0.876. The predicted molar refractivity (Wildman–Crippen MR) is 67.9 cm³/mol. The topological polar surface area (TPSA) is 57.5 Å². The second-order valence-electron chi connectivity index (χ2n) is 4.97. The van der Waals surface area contributed by atoms with Gasteiger partial charge in [0.25, 0.3) is 0 Å². The SMILES string of the molecule is CN1CN(C)CN(Cc2ccc([NH+]([O-])O)cc2)C1. The van der Waals surface area contributed by atoms with E-state index in [9.17, 15) is 5.21 Å². The molecule has 1 unspecified atom stereocenters. The van der Waals surface area contributed by atoms with Crippen molar-refractivity contribution in [2.24, 2.45) is 0 Å². The Morgan fingerprint density at radius 3 is 2.17 bits per heavy atom. The van der Waals surface area contributed by atoms with Crippen LogP contribution in [-0.4, -0.2) is 54.0 Å². The second kappa shape index (κ2) is 5.75. The Morgan fingerprint density at radius 2 is 1.67 bits per heavy atom. The number of hydrogen-bond acceptors (Lipinski definition) is 5. The van der Waals surface area contributed by atoms with Crippen LogP contribution in [0, 0.1) is 5.21 Å². The van der Waals surface area contributed by atoms with E-state index in [1.165, 1.54) is 0 Å². The van der Waals surface area contributed by atoms with Gasteiger partial charge in [-0.05, 0) is 19.7 Å². The standard InChI is InChI=1S/C12H20N4O2/c1-13-8-14(2)10-15(9-13)7-11-3-5-12(6-4-11)16(17)18/h3-6,16-17H,7-10H2,1-2H3. The van der Waals surface area contributed by atoms with E-state index < -0.39 is 5.23 Å². The molecule has 0 radical (unpaired) electrons. The molecule has 6 heteroatoms. The average molecular weight is 252 g/mol. The number of quaternary nitrogens is 1. The molecule has 1 aromatic rings. The van der Waals surface area contributed by atoms with Gasteiger partial charge in [-0.25, -0.2) is 5.21 Å². The van der Waals surface area contributed by atoms with Gasteiger partial charge in [-0.2, -0.15) is 5.23 Å². The normalized spacial score (nSPS) is 21.1.